The Morgan fingerprint density at radius 2 is 2.06 bits per heavy atom. The van der Waals surface area contributed by atoms with E-state index < -0.39 is 0 Å². The third kappa shape index (κ3) is 2.98. The molecule has 1 aromatic heterocycles. The summed E-state index contributed by atoms with van der Waals surface area (Å²) in [5.41, 5.74) is 0.578. The maximum Gasteiger partial charge on any atom is 0.316 e. The minimum atomic E-state index is 0.0331. The van der Waals surface area contributed by atoms with Gasteiger partial charge in [0.15, 0.2) is 5.78 Å². The Labute approximate surface area is 115 Å². The third-order valence-electron chi connectivity index (χ3n) is 2.81. The summed E-state index contributed by atoms with van der Waals surface area (Å²) in [5.74, 6) is 2.31. The van der Waals surface area contributed by atoms with E-state index in [-0.39, 0.29) is 11.0 Å². The Hall–Kier alpha value is -0.750. The van der Waals surface area contributed by atoms with Crippen LogP contribution in [0.2, 0.25) is 0 Å². The van der Waals surface area contributed by atoms with Gasteiger partial charge in [-0.25, -0.2) is 9.97 Å². The first-order chi connectivity index (χ1) is 8.76. The van der Waals surface area contributed by atoms with Crippen molar-refractivity contribution in [2.45, 2.75) is 23.8 Å². The van der Waals surface area contributed by atoms with E-state index in [1.54, 1.807) is 24.2 Å². The number of nitrogens with zero attached hydrogens (tertiary/aromatic N) is 2. The summed E-state index contributed by atoms with van der Waals surface area (Å²) in [6, 6.07) is 0.296. The molecule has 0 N–H and O–H groups in total. The second-order valence-electron chi connectivity index (χ2n) is 3.93. The van der Waals surface area contributed by atoms with E-state index in [2.05, 4.69) is 16.9 Å². The maximum absolute atomic E-state index is 12.4. The van der Waals surface area contributed by atoms with Gasteiger partial charge < -0.3 is 4.74 Å². The SMILES string of the molecule is CCC1SCCSC1C(=O)c1cnc(OC)nc1. The highest BCUT2D eigenvalue weighted by atomic mass is 32.2. The number of methoxy groups -OCH3 is 1. The molecule has 6 heteroatoms. The fourth-order valence-corrected chi connectivity index (χ4v) is 4.89. The number of thioether (sulfide) groups is 2. The average Bonchev–Trinajstić information content (AvgIpc) is 2.46. The molecule has 1 aliphatic rings. The van der Waals surface area contributed by atoms with Crippen molar-refractivity contribution in [2.75, 3.05) is 18.6 Å². The summed E-state index contributed by atoms with van der Waals surface area (Å²) >= 11 is 3.65. The topological polar surface area (TPSA) is 52.1 Å². The van der Waals surface area contributed by atoms with Gasteiger partial charge in [0.25, 0.3) is 0 Å². The van der Waals surface area contributed by atoms with Crippen molar-refractivity contribution in [1.29, 1.82) is 0 Å². The Balaban J connectivity index is 2.13. The van der Waals surface area contributed by atoms with Gasteiger partial charge in [0.2, 0.25) is 0 Å². The second kappa shape index (κ2) is 6.43. The van der Waals surface area contributed by atoms with Crippen LogP contribution in [0, 0.1) is 0 Å². The van der Waals surface area contributed by atoms with Gasteiger partial charge in [-0.15, -0.1) is 11.8 Å². The number of hydrogen-bond donors (Lipinski definition) is 0. The number of hydrogen-bond acceptors (Lipinski definition) is 6. The summed E-state index contributed by atoms with van der Waals surface area (Å²) in [6.45, 7) is 2.13. The van der Waals surface area contributed by atoms with Crippen molar-refractivity contribution in [3.8, 4) is 6.01 Å². The smallest absolute Gasteiger partial charge is 0.316 e. The summed E-state index contributed by atoms with van der Waals surface area (Å²) in [6.07, 6.45) is 4.13. The lowest BCUT2D eigenvalue weighted by molar-refractivity contribution is 0.0987. The molecule has 0 bridgehead atoms. The maximum atomic E-state index is 12.4. The molecule has 2 atom stereocenters. The van der Waals surface area contributed by atoms with Gasteiger partial charge in [-0.3, -0.25) is 4.79 Å². The molecule has 0 saturated carbocycles. The fraction of sp³-hybridized carbons (Fsp3) is 0.583. The monoisotopic (exact) mass is 284 g/mol. The minimum absolute atomic E-state index is 0.0331. The number of Topliss-reactive ketones (excluding diaryl/α,β-unsaturated/α-hetero) is 1. The predicted octanol–water partition coefficient (Wildman–Crippen LogP) is 2.30. The van der Waals surface area contributed by atoms with E-state index in [1.165, 1.54) is 7.11 Å². The van der Waals surface area contributed by atoms with Crippen molar-refractivity contribution in [2.24, 2.45) is 0 Å². The number of carbonyl (C=O) groups is 1. The number of ketones is 1. The number of rotatable bonds is 4. The van der Waals surface area contributed by atoms with Crippen LogP contribution in [-0.2, 0) is 0 Å². The van der Waals surface area contributed by atoms with Crippen molar-refractivity contribution in [3.05, 3.63) is 18.0 Å². The predicted molar refractivity (Wildman–Crippen MR) is 75.7 cm³/mol. The average molecular weight is 284 g/mol. The second-order valence-corrected chi connectivity index (χ2v) is 6.53. The van der Waals surface area contributed by atoms with Crippen LogP contribution in [0.5, 0.6) is 6.01 Å². The van der Waals surface area contributed by atoms with Crippen LogP contribution in [-0.4, -0.2) is 44.9 Å². The van der Waals surface area contributed by atoms with E-state index in [1.807, 2.05) is 11.8 Å². The van der Waals surface area contributed by atoms with Crippen LogP contribution < -0.4 is 4.74 Å². The van der Waals surface area contributed by atoms with E-state index in [0.29, 0.717) is 16.8 Å². The molecule has 0 amide bonds. The summed E-state index contributed by atoms with van der Waals surface area (Å²) in [7, 11) is 1.51. The molecule has 1 aliphatic heterocycles. The Kier molecular flexibility index (Phi) is 4.88. The summed E-state index contributed by atoms with van der Waals surface area (Å²) < 4.78 is 4.89. The van der Waals surface area contributed by atoms with Crippen LogP contribution in [0.25, 0.3) is 0 Å². The highest BCUT2D eigenvalue weighted by Gasteiger charge is 2.31. The van der Waals surface area contributed by atoms with Gasteiger partial charge in [0.1, 0.15) is 0 Å². The molecular weight excluding hydrogens is 268 g/mol. The molecule has 0 aromatic carbocycles. The van der Waals surface area contributed by atoms with Gasteiger partial charge in [0.05, 0.1) is 17.9 Å². The van der Waals surface area contributed by atoms with Gasteiger partial charge in [-0.2, -0.15) is 11.8 Å². The Morgan fingerprint density at radius 3 is 2.67 bits per heavy atom. The molecule has 98 valence electrons. The van der Waals surface area contributed by atoms with Crippen LogP contribution in [0.4, 0.5) is 0 Å². The van der Waals surface area contributed by atoms with Gasteiger partial charge in [-0.1, -0.05) is 6.92 Å². The zero-order valence-electron chi connectivity index (χ0n) is 10.5. The molecule has 1 saturated heterocycles. The lowest BCUT2D eigenvalue weighted by Crippen LogP contribution is -2.32. The van der Waals surface area contributed by atoms with Crippen molar-refractivity contribution < 1.29 is 9.53 Å². The molecule has 1 aromatic rings. The van der Waals surface area contributed by atoms with Crippen molar-refractivity contribution in [3.63, 3.8) is 0 Å². The van der Waals surface area contributed by atoms with Gasteiger partial charge in [0, 0.05) is 29.1 Å². The number of carbonyl (C=O) groups excluding carboxylic acids is 1. The summed E-state index contributed by atoms with van der Waals surface area (Å²) in [4.78, 5) is 20.4. The fourth-order valence-electron chi connectivity index (χ4n) is 1.86. The quantitative estimate of drug-likeness (QED) is 0.791. The lowest BCUT2D eigenvalue weighted by Gasteiger charge is -2.28. The molecular formula is C12H16N2O2S2. The van der Waals surface area contributed by atoms with Crippen LogP contribution >= 0.6 is 23.5 Å². The molecule has 2 heterocycles. The van der Waals surface area contributed by atoms with E-state index in [4.69, 9.17) is 4.74 Å². The zero-order valence-corrected chi connectivity index (χ0v) is 12.1. The van der Waals surface area contributed by atoms with E-state index >= 15 is 0 Å². The zero-order chi connectivity index (χ0) is 13.0. The molecule has 4 nitrogen and oxygen atoms in total. The number of ether oxygens (including phenoxy) is 1. The Morgan fingerprint density at radius 1 is 1.39 bits per heavy atom. The van der Waals surface area contributed by atoms with E-state index in [0.717, 1.165) is 17.9 Å². The molecule has 0 aliphatic carbocycles. The largest absolute Gasteiger partial charge is 0.467 e. The third-order valence-corrected chi connectivity index (χ3v) is 6.05. The van der Waals surface area contributed by atoms with Gasteiger partial charge >= 0.3 is 6.01 Å². The lowest BCUT2D eigenvalue weighted by atomic mass is 10.1. The molecule has 18 heavy (non-hydrogen) atoms. The number of aromatic nitrogens is 2. The first-order valence-corrected chi connectivity index (χ1v) is 7.99. The molecule has 1 fully saturated rings. The Bertz CT molecular complexity index is 411. The highest BCUT2D eigenvalue weighted by molar-refractivity contribution is 8.07. The van der Waals surface area contributed by atoms with Gasteiger partial charge in [-0.05, 0) is 6.42 Å². The van der Waals surface area contributed by atoms with Crippen molar-refractivity contribution >= 4 is 29.3 Å². The van der Waals surface area contributed by atoms with E-state index in [9.17, 15) is 4.79 Å². The molecule has 0 spiro atoms. The van der Waals surface area contributed by atoms with Crippen molar-refractivity contribution in [1.82, 2.24) is 9.97 Å². The standard InChI is InChI=1S/C12H16N2O2S2/c1-3-9-11(18-5-4-17-9)10(15)8-6-13-12(16-2)14-7-8/h6-7,9,11H,3-5H2,1-2H3. The normalized spacial score (nSPS) is 23.7. The minimum Gasteiger partial charge on any atom is -0.467 e. The van der Waals surface area contributed by atoms with Crippen LogP contribution in [0.1, 0.15) is 23.7 Å². The van der Waals surface area contributed by atoms with Crippen LogP contribution in [0.3, 0.4) is 0 Å². The molecule has 2 rings (SSSR count). The molecule has 2 unspecified atom stereocenters. The van der Waals surface area contributed by atoms with Crippen LogP contribution in [0.15, 0.2) is 12.4 Å². The first-order valence-electron chi connectivity index (χ1n) is 5.89. The highest BCUT2D eigenvalue weighted by Crippen LogP contribution is 2.35. The first kappa shape index (κ1) is 13.7. The molecule has 0 radical (unpaired) electrons. The summed E-state index contributed by atoms with van der Waals surface area (Å²) in [5, 5.41) is 0.434.